The average Bonchev–Trinajstić information content (AvgIpc) is 2.81. The topological polar surface area (TPSA) is 106 Å². The van der Waals surface area contributed by atoms with Crippen molar-refractivity contribution in [2.75, 3.05) is 0 Å². The number of para-hydroxylation sites is 4. The van der Waals surface area contributed by atoms with Crippen molar-refractivity contribution in [2.45, 2.75) is 0 Å². The highest BCUT2D eigenvalue weighted by molar-refractivity contribution is 5.92. The van der Waals surface area contributed by atoms with Crippen molar-refractivity contribution >= 4 is 23.8 Å². The van der Waals surface area contributed by atoms with Gasteiger partial charge in [-0.3, -0.25) is 9.98 Å². The number of benzene rings is 4. The monoisotopic (exact) mass is 424 g/mol. The van der Waals surface area contributed by atoms with Gasteiger partial charge in [0, 0.05) is 34.7 Å². The minimum atomic E-state index is -0.232. The fourth-order valence-electron chi connectivity index (χ4n) is 3.21. The van der Waals surface area contributed by atoms with E-state index in [0.29, 0.717) is 22.5 Å². The predicted molar refractivity (Wildman–Crippen MR) is 126 cm³/mol. The van der Waals surface area contributed by atoms with Crippen LogP contribution in [-0.4, -0.2) is 32.9 Å². The van der Waals surface area contributed by atoms with Crippen LogP contribution in [0.15, 0.2) is 94.9 Å². The van der Waals surface area contributed by atoms with Crippen molar-refractivity contribution in [2.24, 2.45) is 9.98 Å². The van der Waals surface area contributed by atoms with Gasteiger partial charge in [0.15, 0.2) is 23.0 Å². The summed E-state index contributed by atoms with van der Waals surface area (Å²) < 4.78 is 0. The first-order valence-corrected chi connectivity index (χ1v) is 9.83. The molecule has 0 aliphatic carbocycles. The van der Waals surface area contributed by atoms with Crippen molar-refractivity contribution in [3.05, 3.63) is 96.1 Å². The Kier molecular flexibility index (Phi) is 5.85. The molecule has 0 atom stereocenters. The Labute approximate surface area is 184 Å². The van der Waals surface area contributed by atoms with Crippen LogP contribution >= 0.6 is 0 Å². The molecule has 4 N–H and O–H groups in total. The second kappa shape index (κ2) is 9.06. The first-order valence-electron chi connectivity index (χ1n) is 9.83. The summed E-state index contributed by atoms with van der Waals surface area (Å²) in [7, 11) is 0. The van der Waals surface area contributed by atoms with Crippen LogP contribution in [0.3, 0.4) is 0 Å². The molecule has 4 aromatic carbocycles. The molecule has 0 radical (unpaired) electrons. The molecule has 0 saturated carbocycles. The fraction of sp³-hybridized carbons (Fsp3) is 0. The smallest absolute Gasteiger partial charge is 0.166 e. The van der Waals surface area contributed by atoms with Gasteiger partial charge in [0.05, 0.1) is 11.4 Å². The molecule has 0 fully saturated rings. The Morgan fingerprint density at radius 1 is 0.469 bits per heavy atom. The summed E-state index contributed by atoms with van der Waals surface area (Å²) in [5.41, 5.74) is 3.72. The molecule has 0 saturated heterocycles. The fourth-order valence-corrected chi connectivity index (χ4v) is 3.21. The van der Waals surface area contributed by atoms with E-state index < -0.39 is 0 Å². The molecule has 0 aliphatic heterocycles. The molecule has 6 nitrogen and oxygen atoms in total. The van der Waals surface area contributed by atoms with Crippen molar-refractivity contribution in [3.63, 3.8) is 0 Å². The number of aromatic hydroxyl groups is 4. The maximum Gasteiger partial charge on any atom is 0.166 e. The summed E-state index contributed by atoms with van der Waals surface area (Å²) >= 11 is 0. The second-order valence-electron chi connectivity index (χ2n) is 6.98. The minimum absolute atomic E-state index is 0.211. The zero-order valence-corrected chi connectivity index (χ0v) is 16.9. The molecule has 0 amide bonds. The van der Waals surface area contributed by atoms with Crippen LogP contribution in [0.1, 0.15) is 11.1 Å². The highest BCUT2D eigenvalue weighted by Crippen LogP contribution is 2.37. The standard InChI is InChI=1S/C26H20N2O4/c29-23-13-5-7-17(25(23)31)15-27-21-11-3-1-9-19(21)20-10-2-4-12-22(20)28-16-18-8-6-14-24(30)26(18)32/h1-16,29-32H. The van der Waals surface area contributed by atoms with Gasteiger partial charge < -0.3 is 20.4 Å². The molecule has 4 rings (SSSR count). The molecular weight excluding hydrogens is 404 g/mol. The lowest BCUT2D eigenvalue weighted by molar-refractivity contribution is 0.403. The molecule has 32 heavy (non-hydrogen) atoms. The van der Waals surface area contributed by atoms with E-state index in [-0.39, 0.29) is 23.0 Å². The number of nitrogens with zero attached hydrogens (tertiary/aromatic N) is 2. The third-order valence-electron chi connectivity index (χ3n) is 4.88. The predicted octanol–water partition coefficient (Wildman–Crippen LogP) is 5.68. The normalized spacial score (nSPS) is 11.4. The summed E-state index contributed by atoms with van der Waals surface area (Å²) in [5, 5.41) is 39.4. The maximum atomic E-state index is 10.0. The molecule has 0 aliphatic rings. The van der Waals surface area contributed by atoms with Crippen LogP contribution in [0.5, 0.6) is 23.0 Å². The first kappa shape index (κ1) is 20.7. The van der Waals surface area contributed by atoms with E-state index >= 15 is 0 Å². The SMILES string of the molecule is Oc1cccc(C=Nc2ccccc2-c2ccccc2N=Cc2cccc(O)c2O)c1O. The van der Waals surface area contributed by atoms with Gasteiger partial charge in [-0.2, -0.15) is 0 Å². The molecule has 4 aromatic rings. The van der Waals surface area contributed by atoms with Crippen LogP contribution in [0.2, 0.25) is 0 Å². The van der Waals surface area contributed by atoms with E-state index in [1.54, 1.807) is 24.3 Å². The number of rotatable bonds is 5. The maximum absolute atomic E-state index is 10.0. The summed E-state index contributed by atoms with van der Waals surface area (Å²) in [5.74, 6) is -0.886. The zero-order valence-electron chi connectivity index (χ0n) is 16.9. The molecule has 0 spiro atoms. The number of hydrogen-bond acceptors (Lipinski definition) is 6. The third kappa shape index (κ3) is 4.29. The Morgan fingerprint density at radius 3 is 1.31 bits per heavy atom. The van der Waals surface area contributed by atoms with Gasteiger partial charge in [-0.15, -0.1) is 0 Å². The molecule has 6 heteroatoms. The second-order valence-corrected chi connectivity index (χ2v) is 6.98. The lowest BCUT2D eigenvalue weighted by Gasteiger charge is -2.09. The van der Waals surface area contributed by atoms with Gasteiger partial charge in [-0.05, 0) is 36.4 Å². The molecule has 0 aromatic heterocycles. The number of hydrogen-bond donors (Lipinski definition) is 4. The van der Waals surface area contributed by atoms with Crippen LogP contribution in [-0.2, 0) is 0 Å². The summed E-state index contributed by atoms with van der Waals surface area (Å²) in [6, 6.07) is 24.4. The van der Waals surface area contributed by atoms with Gasteiger partial charge in [-0.25, -0.2) is 0 Å². The Bertz CT molecular complexity index is 1230. The van der Waals surface area contributed by atoms with E-state index in [9.17, 15) is 20.4 Å². The highest BCUT2D eigenvalue weighted by atomic mass is 16.3. The number of phenolic OH excluding ortho intramolecular Hbond substituents is 4. The van der Waals surface area contributed by atoms with E-state index in [1.807, 2.05) is 48.5 Å². The third-order valence-corrected chi connectivity index (χ3v) is 4.88. The lowest BCUT2D eigenvalue weighted by atomic mass is 10.0. The molecule has 0 unspecified atom stereocenters. The Morgan fingerprint density at radius 2 is 0.875 bits per heavy atom. The lowest BCUT2D eigenvalue weighted by Crippen LogP contribution is -1.86. The summed E-state index contributed by atoms with van der Waals surface area (Å²) in [6.07, 6.45) is 2.98. The van der Waals surface area contributed by atoms with Crippen LogP contribution in [0, 0.1) is 0 Å². The van der Waals surface area contributed by atoms with Crippen LogP contribution in [0.25, 0.3) is 11.1 Å². The van der Waals surface area contributed by atoms with Crippen LogP contribution < -0.4 is 0 Å². The largest absolute Gasteiger partial charge is 0.504 e. The molecular formula is C26H20N2O4. The quantitative estimate of drug-likeness (QED) is 0.244. The van der Waals surface area contributed by atoms with E-state index in [1.165, 1.54) is 24.6 Å². The van der Waals surface area contributed by atoms with Gasteiger partial charge in [-0.1, -0.05) is 48.5 Å². The van der Waals surface area contributed by atoms with Crippen molar-refractivity contribution in [1.29, 1.82) is 0 Å². The number of phenols is 4. The van der Waals surface area contributed by atoms with Gasteiger partial charge in [0.25, 0.3) is 0 Å². The van der Waals surface area contributed by atoms with Gasteiger partial charge in [0.1, 0.15) is 0 Å². The summed E-state index contributed by atoms with van der Waals surface area (Å²) in [4.78, 5) is 9.04. The Balaban J connectivity index is 1.73. The van der Waals surface area contributed by atoms with Crippen molar-refractivity contribution in [1.82, 2.24) is 0 Å². The number of aliphatic imine (C=N–C) groups is 2. The average molecular weight is 424 g/mol. The molecule has 0 heterocycles. The molecule has 0 bridgehead atoms. The van der Waals surface area contributed by atoms with Crippen molar-refractivity contribution in [3.8, 4) is 34.1 Å². The summed E-state index contributed by atoms with van der Waals surface area (Å²) in [6.45, 7) is 0. The van der Waals surface area contributed by atoms with Crippen LogP contribution in [0.4, 0.5) is 11.4 Å². The zero-order chi connectivity index (χ0) is 22.5. The highest BCUT2D eigenvalue weighted by Gasteiger charge is 2.10. The first-order chi connectivity index (χ1) is 15.5. The van der Waals surface area contributed by atoms with Gasteiger partial charge in [0.2, 0.25) is 0 Å². The van der Waals surface area contributed by atoms with E-state index in [0.717, 1.165) is 11.1 Å². The van der Waals surface area contributed by atoms with Gasteiger partial charge >= 0.3 is 0 Å². The Hall–Kier alpha value is -4.58. The minimum Gasteiger partial charge on any atom is -0.504 e. The van der Waals surface area contributed by atoms with E-state index in [2.05, 4.69) is 9.98 Å². The van der Waals surface area contributed by atoms with Crippen molar-refractivity contribution < 1.29 is 20.4 Å². The van der Waals surface area contributed by atoms with E-state index in [4.69, 9.17) is 0 Å². The molecule has 158 valence electrons.